The highest BCUT2D eigenvalue weighted by Crippen LogP contribution is 2.17. The van der Waals surface area contributed by atoms with Gasteiger partial charge in [0.05, 0.1) is 16.9 Å². The van der Waals surface area contributed by atoms with E-state index in [1.165, 1.54) is 12.1 Å². The lowest BCUT2D eigenvalue weighted by Gasteiger charge is -2.01. The van der Waals surface area contributed by atoms with E-state index in [0.29, 0.717) is 5.69 Å². The van der Waals surface area contributed by atoms with Crippen molar-refractivity contribution < 1.29 is 4.92 Å². The normalized spacial score (nSPS) is 10.4. The SMILES string of the molecule is CN(C)C=Nc1ccc([N+](=O)[O-])cc1. The van der Waals surface area contributed by atoms with Crippen LogP contribution in [0.2, 0.25) is 0 Å². The van der Waals surface area contributed by atoms with Crippen molar-refractivity contribution in [1.82, 2.24) is 4.90 Å². The second-order valence-corrected chi connectivity index (χ2v) is 2.98. The first kappa shape index (κ1) is 10.2. The molecule has 5 nitrogen and oxygen atoms in total. The van der Waals surface area contributed by atoms with E-state index in [-0.39, 0.29) is 5.69 Å². The number of hydrogen-bond donors (Lipinski definition) is 0. The Hall–Kier alpha value is -1.91. The van der Waals surface area contributed by atoms with Crippen LogP contribution in [0, 0.1) is 10.1 Å². The number of aliphatic imine (C=N–C) groups is 1. The van der Waals surface area contributed by atoms with Gasteiger partial charge in [-0.25, -0.2) is 4.99 Å². The molecule has 0 fully saturated rings. The Morgan fingerprint density at radius 2 is 1.93 bits per heavy atom. The molecule has 0 saturated carbocycles. The van der Waals surface area contributed by atoms with Crippen LogP contribution in [-0.4, -0.2) is 30.3 Å². The Morgan fingerprint density at radius 3 is 2.36 bits per heavy atom. The quantitative estimate of drug-likeness (QED) is 0.318. The second-order valence-electron chi connectivity index (χ2n) is 2.98. The van der Waals surface area contributed by atoms with Gasteiger partial charge in [0, 0.05) is 26.2 Å². The standard InChI is InChI=1S/C9H11N3O2/c1-11(2)7-10-8-3-5-9(6-4-8)12(13)14/h3-7H,1-2H3. The molecule has 0 aliphatic heterocycles. The molecule has 0 N–H and O–H groups in total. The fraction of sp³-hybridized carbons (Fsp3) is 0.222. The smallest absolute Gasteiger partial charge is 0.269 e. The van der Waals surface area contributed by atoms with E-state index in [1.54, 1.807) is 23.4 Å². The van der Waals surface area contributed by atoms with Gasteiger partial charge in [0.2, 0.25) is 0 Å². The summed E-state index contributed by atoms with van der Waals surface area (Å²) in [6, 6.07) is 6.08. The Morgan fingerprint density at radius 1 is 1.36 bits per heavy atom. The average molecular weight is 193 g/mol. The zero-order valence-electron chi connectivity index (χ0n) is 8.04. The van der Waals surface area contributed by atoms with Gasteiger partial charge in [-0.3, -0.25) is 10.1 Å². The van der Waals surface area contributed by atoms with Crippen LogP contribution in [0.4, 0.5) is 11.4 Å². The van der Waals surface area contributed by atoms with Gasteiger partial charge in [0.15, 0.2) is 0 Å². The lowest BCUT2D eigenvalue weighted by Crippen LogP contribution is -2.06. The molecule has 0 radical (unpaired) electrons. The number of hydrogen-bond acceptors (Lipinski definition) is 3. The second kappa shape index (κ2) is 4.36. The first-order valence-electron chi connectivity index (χ1n) is 4.04. The Labute approximate surface area is 81.8 Å². The minimum Gasteiger partial charge on any atom is -0.369 e. The molecule has 1 aromatic carbocycles. The number of nitro benzene ring substituents is 1. The highest BCUT2D eigenvalue weighted by atomic mass is 16.6. The van der Waals surface area contributed by atoms with Crippen molar-refractivity contribution in [2.45, 2.75) is 0 Å². The molecule has 0 saturated heterocycles. The number of nitrogens with zero attached hydrogens (tertiary/aromatic N) is 3. The van der Waals surface area contributed by atoms with Crippen molar-refractivity contribution in [2.24, 2.45) is 4.99 Å². The minimum atomic E-state index is -0.431. The number of nitro groups is 1. The zero-order valence-corrected chi connectivity index (χ0v) is 8.04. The fourth-order valence-corrected chi connectivity index (χ4v) is 0.843. The molecule has 0 spiro atoms. The lowest BCUT2D eigenvalue weighted by atomic mass is 10.3. The van der Waals surface area contributed by atoms with Crippen LogP contribution >= 0.6 is 0 Å². The fourth-order valence-electron chi connectivity index (χ4n) is 0.843. The molecule has 0 unspecified atom stereocenters. The molecule has 0 bridgehead atoms. The molecular formula is C9H11N3O2. The lowest BCUT2D eigenvalue weighted by molar-refractivity contribution is -0.384. The van der Waals surface area contributed by atoms with E-state index >= 15 is 0 Å². The predicted molar refractivity (Wildman–Crippen MR) is 54.9 cm³/mol. The molecule has 0 aromatic heterocycles. The molecule has 0 aliphatic rings. The Balaban J connectivity index is 2.78. The number of non-ortho nitro benzene ring substituents is 1. The van der Waals surface area contributed by atoms with E-state index < -0.39 is 4.92 Å². The summed E-state index contributed by atoms with van der Waals surface area (Å²) in [4.78, 5) is 15.8. The van der Waals surface area contributed by atoms with Gasteiger partial charge >= 0.3 is 0 Å². The van der Waals surface area contributed by atoms with E-state index in [2.05, 4.69) is 4.99 Å². The highest BCUT2D eigenvalue weighted by Gasteiger charge is 2.02. The topological polar surface area (TPSA) is 58.7 Å². The van der Waals surface area contributed by atoms with Crippen molar-refractivity contribution in [2.75, 3.05) is 14.1 Å². The molecule has 0 aliphatic carbocycles. The summed E-state index contributed by atoms with van der Waals surface area (Å²) >= 11 is 0. The van der Waals surface area contributed by atoms with Gasteiger partial charge in [0.1, 0.15) is 0 Å². The maximum Gasteiger partial charge on any atom is 0.269 e. The maximum atomic E-state index is 10.3. The average Bonchev–Trinajstić information content (AvgIpc) is 2.15. The monoisotopic (exact) mass is 193 g/mol. The van der Waals surface area contributed by atoms with Crippen molar-refractivity contribution >= 4 is 17.7 Å². The summed E-state index contributed by atoms with van der Waals surface area (Å²) in [5.41, 5.74) is 0.776. The molecule has 74 valence electrons. The number of rotatable bonds is 3. The minimum absolute atomic E-state index is 0.0776. The van der Waals surface area contributed by atoms with Gasteiger partial charge in [-0.2, -0.15) is 0 Å². The summed E-state index contributed by atoms with van der Waals surface area (Å²) in [7, 11) is 3.71. The number of benzene rings is 1. The van der Waals surface area contributed by atoms with Crippen molar-refractivity contribution in [1.29, 1.82) is 0 Å². The van der Waals surface area contributed by atoms with Crippen LogP contribution in [-0.2, 0) is 0 Å². The summed E-state index contributed by atoms with van der Waals surface area (Å²) in [5, 5.41) is 10.3. The Kier molecular flexibility index (Phi) is 3.17. The van der Waals surface area contributed by atoms with Gasteiger partial charge in [-0.05, 0) is 12.1 Å². The molecule has 0 amide bonds. The van der Waals surface area contributed by atoms with Gasteiger partial charge in [0.25, 0.3) is 5.69 Å². The molecular weight excluding hydrogens is 182 g/mol. The summed E-state index contributed by atoms with van der Waals surface area (Å²) in [6.45, 7) is 0. The van der Waals surface area contributed by atoms with Crippen LogP contribution in [0.15, 0.2) is 29.3 Å². The van der Waals surface area contributed by atoms with Crippen LogP contribution in [0.1, 0.15) is 0 Å². The predicted octanol–water partition coefficient (Wildman–Crippen LogP) is 1.82. The van der Waals surface area contributed by atoms with Crippen molar-refractivity contribution in [3.8, 4) is 0 Å². The Bertz CT molecular complexity index is 344. The first-order valence-corrected chi connectivity index (χ1v) is 4.04. The van der Waals surface area contributed by atoms with E-state index in [4.69, 9.17) is 0 Å². The molecule has 1 aromatic rings. The van der Waals surface area contributed by atoms with Crippen LogP contribution < -0.4 is 0 Å². The van der Waals surface area contributed by atoms with Gasteiger partial charge in [-0.15, -0.1) is 0 Å². The van der Waals surface area contributed by atoms with Crippen LogP contribution in [0.3, 0.4) is 0 Å². The largest absolute Gasteiger partial charge is 0.369 e. The third kappa shape index (κ3) is 2.85. The molecule has 1 rings (SSSR count). The van der Waals surface area contributed by atoms with E-state index in [0.717, 1.165) is 0 Å². The van der Waals surface area contributed by atoms with Crippen molar-refractivity contribution in [3.63, 3.8) is 0 Å². The van der Waals surface area contributed by atoms with Crippen LogP contribution in [0.25, 0.3) is 0 Å². The molecule has 5 heteroatoms. The summed E-state index contributed by atoms with van der Waals surface area (Å²) in [5.74, 6) is 0. The van der Waals surface area contributed by atoms with E-state index in [9.17, 15) is 10.1 Å². The van der Waals surface area contributed by atoms with Gasteiger partial charge < -0.3 is 4.90 Å². The molecule has 14 heavy (non-hydrogen) atoms. The third-order valence-electron chi connectivity index (χ3n) is 1.50. The van der Waals surface area contributed by atoms with E-state index in [1.807, 2.05) is 14.1 Å². The van der Waals surface area contributed by atoms with Crippen LogP contribution in [0.5, 0.6) is 0 Å². The summed E-state index contributed by atoms with van der Waals surface area (Å²) in [6.07, 6.45) is 1.64. The molecule has 0 atom stereocenters. The van der Waals surface area contributed by atoms with Gasteiger partial charge in [-0.1, -0.05) is 0 Å². The highest BCUT2D eigenvalue weighted by molar-refractivity contribution is 5.61. The third-order valence-corrected chi connectivity index (χ3v) is 1.50. The first-order chi connectivity index (χ1) is 6.59. The van der Waals surface area contributed by atoms with Crippen molar-refractivity contribution in [3.05, 3.63) is 34.4 Å². The molecule has 0 heterocycles. The zero-order chi connectivity index (χ0) is 10.6. The summed E-state index contributed by atoms with van der Waals surface area (Å²) < 4.78 is 0. The maximum absolute atomic E-state index is 10.3.